The molecule has 1 saturated carbocycles. The van der Waals surface area contributed by atoms with E-state index in [1.165, 1.54) is 31.2 Å². The van der Waals surface area contributed by atoms with E-state index in [1.807, 2.05) is 6.07 Å². The molecule has 1 atom stereocenters. The van der Waals surface area contributed by atoms with Crippen molar-refractivity contribution in [3.05, 3.63) is 58.6 Å². The van der Waals surface area contributed by atoms with Gasteiger partial charge in [0.2, 0.25) is 0 Å². The van der Waals surface area contributed by atoms with Crippen molar-refractivity contribution in [1.82, 2.24) is 5.32 Å². The monoisotopic (exact) mass is 333 g/mol. The molecule has 0 aromatic heterocycles. The molecule has 1 aromatic carbocycles. The van der Waals surface area contributed by atoms with Gasteiger partial charge in [0.15, 0.2) is 11.6 Å². The van der Waals surface area contributed by atoms with Crippen molar-refractivity contribution < 1.29 is 4.79 Å². The minimum Gasteiger partial charge on any atom is -0.342 e. The third kappa shape index (κ3) is 2.03. The summed E-state index contributed by atoms with van der Waals surface area (Å²) >= 11 is 0. The van der Waals surface area contributed by atoms with E-state index < -0.39 is 5.41 Å². The zero-order valence-corrected chi connectivity index (χ0v) is 14.6. The largest absolute Gasteiger partial charge is 0.342 e. The van der Waals surface area contributed by atoms with E-state index in [2.05, 4.69) is 46.7 Å². The molecule has 1 N–H and O–H groups in total. The number of Topliss-reactive ketones (excluding diaryl/α,β-unsaturated/α-hetero) is 1. The smallest absolute Gasteiger partial charge is 0.162 e. The summed E-state index contributed by atoms with van der Waals surface area (Å²) < 4.78 is 0. The van der Waals surface area contributed by atoms with Crippen LogP contribution in [0.2, 0.25) is 0 Å². The lowest BCUT2D eigenvalue weighted by Crippen LogP contribution is -2.45. The molecular formula is C21H23N3O. The SMILES string of the molecule is C[C@]1(c2ccccc2)C2=C(N=NC2)NC2=C1C(=O)CC1(CCCC1)C2. The summed E-state index contributed by atoms with van der Waals surface area (Å²) in [4.78, 5) is 13.4. The third-order valence-electron chi connectivity index (χ3n) is 6.74. The van der Waals surface area contributed by atoms with Crippen LogP contribution in [0.15, 0.2) is 63.2 Å². The number of dihydropyridines is 1. The molecule has 1 spiro atoms. The van der Waals surface area contributed by atoms with Gasteiger partial charge in [0.1, 0.15) is 0 Å². The Hall–Kier alpha value is -2.23. The number of ketones is 1. The Morgan fingerprint density at radius 3 is 2.60 bits per heavy atom. The quantitative estimate of drug-likeness (QED) is 0.828. The molecule has 1 fully saturated rings. The number of azo groups is 1. The van der Waals surface area contributed by atoms with E-state index in [0.717, 1.165) is 29.1 Å². The first kappa shape index (κ1) is 15.1. The maximum Gasteiger partial charge on any atom is 0.162 e. The fourth-order valence-electron chi connectivity index (χ4n) is 5.48. The summed E-state index contributed by atoms with van der Waals surface area (Å²) in [5.74, 6) is 1.19. The first-order chi connectivity index (χ1) is 12.1. The van der Waals surface area contributed by atoms with Crippen LogP contribution in [-0.2, 0) is 10.2 Å². The third-order valence-corrected chi connectivity index (χ3v) is 6.74. The molecule has 128 valence electrons. The Morgan fingerprint density at radius 2 is 1.84 bits per heavy atom. The standard InChI is InChI=1S/C21H23N3O/c1-20(14-7-3-2-4-8-14)15-13-22-24-19(15)23-16-11-21(9-5-6-10-21)12-17(25)18(16)20/h2-4,7-8,23H,5-6,9-13H2,1H3/t20-/m0/s1. The number of benzene rings is 1. The van der Waals surface area contributed by atoms with E-state index in [0.29, 0.717) is 18.7 Å². The van der Waals surface area contributed by atoms with Gasteiger partial charge in [0, 0.05) is 28.7 Å². The van der Waals surface area contributed by atoms with Crippen LogP contribution in [0, 0.1) is 5.41 Å². The molecule has 4 heteroatoms. The van der Waals surface area contributed by atoms with Crippen LogP contribution in [0.25, 0.3) is 0 Å². The van der Waals surface area contributed by atoms with E-state index in [9.17, 15) is 4.79 Å². The van der Waals surface area contributed by atoms with E-state index >= 15 is 0 Å². The molecule has 5 rings (SSSR count). The van der Waals surface area contributed by atoms with Crippen molar-refractivity contribution in [3.8, 4) is 0 Å². The second-order valence-corrected chi connectivity index (χ2v) is 8.18. The Bertz CT molecular complexity index is 843. The molecule has 0 radical (unpaired) electrons. The van der Waals surface area contributed by atoms with Crippen LogP contribution >= 0.6 is 0 Å². The van der Waals surface area contributed by atoms with E-state index in [-0.39, 0.29) is 5.41 Å². The summed E-state index contributed by atoms with van der Waals surface area (Å²) in [5.41, 5.74) is 4.12. The maximum absolute atomic E-state index is 13.4. The number of hydrogen-bond acceptors (Lipinski definition) is 4. The number of hydrogen-bond donors (Lipinski definition) is 1. The molecule has 0 unspecified atom stereocenters. The Balaban J connectivity index is 1.69. The highest BCUT2D eigenvalue weighted by Gasteiger charge is 2.51. The van der Waals surface area contributed by atoms with Crippen LogP contribution in [0.1, 0.15) is 51.0 Å². The van der Waals surface area contributed by atoms with Gasteiger partial charge in [-0.05, 0) is 37.2 Å². The fraction of sp³-hybridized carbons (Fsp3) is 0.476. The predicted molar refractivity (Wildman–Crippen MR) is 95.8 cm³/mol. The van der Waals surface area contributed by atoms with Crippen molar-refractivity contribution in [3.63, 3.8) is 0 Å². The van der Waals surface area contributed by atoms with Gasteiger partial charge in [-0.2, -0.15) is 5.11 Å². The first-order valence-corrected chi connectivity index (χ1v) is 9.33. The molecule has 25 heavy (non-hydrogen) atoms. The van der Waals surface area contributed by atoms with Gasteiger partial charge in [-0.15, -0.1) is 5.11 Å². The highest BCUT2D eigenvalue weighted by molar-refractivity contribution is 6.01. The molecule has 2 heterocycles. The van der Waals surface area contributed by atoms with Crippen molar-refractivity contribution in [2.24, 2.45) is 15.6 Å². The summed E-state index contributed by atoms with van der Waals surface area (Å²) in [7, 11) is 0. The second-order valence-electron chi connectivity index (χ2n) is 8.18. The molecule has 2 aliphatic carbocycles. The molecular weight excluding hydrogens is 310 g/mol. The maximum atomic E-state index is 13.4. The molecule has 0 amide bonds. The highest BCUT2D eigenvalue weighted by Crippen LogP contribution is 2.55. The Kier molecular flexibility index (Phi) is 3.09. The number of carbonyl (C=O) groups excluding carboxylic acids is 1. The van der Waals surface area contributed by atoms with Crippen LogP contribution in [-0.4, -0.2) is 12.3 Å². The number of nitrogens with one attached hydrogen (secondary N) is 1. The molecule has 0 bridgehead atoms. The molecule has 2 aliphatic heterocycles. The summed E-state index contributed by atoms with van der Waals surface area (Å²) in [6, 6.07) is 10.4. The zero-order chi connectivity index (χ0) is 17.1. The van der Waals surface area contributed by atoms with Crippen molar-refractivity contribution in [2.75, 3.05) is 6.54 Å². The number of carbonyl (C=O) groups is 1. The second kappa shape index (κ2) is 5.13. The van der Waals surface area contributed by atoms with Gasteiger partial charge in [0.25, 0.3) is 0 Å². The van der Waals surface area contributed by atoms with Crippen molar-refractivity contribution in [1.29, 1.82) is 0 Å². The van der Waals surface area contributed by atoms with Crippen LogP contribution in [0.5, 0.6) is 0 Å². The average molecular weight is 333 g/mol. The molecule has 4 aliphatic rings. The van der Waals surface area contributed by atoms with Gasteiger partial charge in [-0.1, -0.05) is 43.2 Å². The van der Waals surface area contributed by atoms with Gasteiger partial charge < -0.3 is 5.32 Å². The lowest BCUT2D eigenvalue weighted by molar-refractivity contribution is -0.119. The minimum atomic E-state index is -0.419. The minimum absolute atomic E-state index is 0.175. The number of nitrogens with zero attached hydrogens (tertiary/aromatic N) is 2. The highest BCUT2D eigenvalue weighted by atomic mass is 16.1. The van der Waals surface area contributed by atoms with E-state index in [4.69, 9.17) is 0 Å². The van der Waals surface area contributed by atoms with Crippen LogP contribution in [0.4, 0.5) is 0 Å². The summed E-state index contributed by atoms with van der Waals surface area (Å²) in [5, 5.41) is 12.1. The van der Waals surface area contributed by atoms with Crippen molar-refractivity contribution >= 4 is 5.78 Å². The Labute approximate surface area is 148 Å². The van der Waals surface area contributed by atoms with Gasteiger partial charge in [-0.25, -0.2) is 0 Å². The van der Waals surface area contributed by atoms with Crippen molar-refractivity contribution in [2.45, 2.75) is 50.9 Å². The van der Waals surface area contributed by atoms with Gasteiger partial charge in [-0.3, -0.25) is 4.79 Å². The molecule has 0 saturated heterocycles. The van der Waals surface area contributed by atoms with Crippen LogP contribution in [0.3, 0.4) is 0 Å². The average Bonchev–Trinajstić information content (AvgIpc) is 3.25. The first-order valence-electron chi connectivity index (χ1n) is 9.33. The predicted octanol–water partition coefficient (Wildman–Crippen LogP) is 4.40. The topological polar surface area (TPSA) is 53.8 Å². The normalized spacial score (nSPS) is 29.9. The zero-order valence-electron chi connectivity index (χ0n) is 14.6. The Morgan fingerprint density at radius 1 is 1.08 bits per heavy atom. The van der Waals surface area contributed by atoms with Gasteiger partial charge >= 0.3 is 0 Å². The van der Waals surface area contributed by atoms with Gasteiger partial charge in [0.05, 0.1) is 6.54 Å². The van der Waals surface area contributed by atoms with Crippen LogP contribution < -0.4 is 5.32 Å². The number of rotatable bonds is 1. The lowest BCUT2D eigenvalue weighted by Gasteiger charge is -2.45. The molecule has 1 aromatic rings. The summed E-state index contributed by atoms with van der Waals surface area (Å²) in [6.07, 6.45) is 6.52. The number of allylic oxidation sites excluding steroid dienone is 2. The summed E-state index contributed by atoms with van der Waals surface area (Å²) in [6.45, 7) is 2.76. The lowest BCUT2D eigenvalue weighted by atomic mass is 9.60. The van der Waals surface area contributed by atoms with E-state index in [1.54, 1.807) is 0 Å². The molecule has 4 nitrogen and oxygen atoms in total. The fourth-order valence-corrected chi connectivity index (χ4v) is 5.48.